The summed E-state index contributed by atoms with van der Waals surface area (Å²) in [6.07, 6.45) is 0. The van der Waals surface area contributed by atoms with Gasteiger partial charge < -0.3 is 13.7 Å². The van der Waals surface area contributed by atoms with Gasteiger partial charge in [-0.1, -0.05) is 121 Å². The van der Waals surface area contributed by atoms with Crippen molar-refractivity contribution in [2.45, 2.75) is 0 Å². The fourth-order valence-corrected chi connectivity index (χ4v) is 7.30. The molecule has 0 saturated heterocycles. The zero-order chi connectivity index (χ0) is 32.3. The maximum absolute atomic E-state index is 6.76. The van der Waals surface area contributed by atoms with E-state index in [-0.39, 0.29) is 0 Å². The third kappa shape index (κ3) is 4.51. The molecule has 3 nitrogen and oxygen atoms in total. The molecule has 0 fully saturated rings. The lowest BCUT2D eigenvalue weighted by atomic mass is 9.98. The lowest BCUT2D eigenvalue weighted by molar-refractivity contribution is 0.668. The van der Waals surface area contributed by atoms with Gasteiger partial charge in [0.15, 0.2) is 5.58 Å². The molecule has 10 aromatic rings. The summed E-state index contributed by atoms with van der Waals surface area (Å²) in [6, 6.07) is 62.0. The Hall–Kier alpha value is -6.58. The van der Waals surface area contributed by atoms with Crippen LogP contribution in [-0.4, -0.2) is 0 Å². The van der Waals surface area contributed by atoms with Crippen molar-refractivity contribution in [2.75, 3.05) is 4.90 Å². The Balaban J connectivity index is 1.16. The van der Waals surface area contributed by atoms with Crippen LogP contribution in [0.25, 0.3) is 76.9 Å². The minimum atomic E-state index is 0.857. The highest BCUT2D eigenvalue weighted by Crippen LogP contribution is 2.46. The third-order valence-electron chi connectivity index (χ3n) is 9.66. The first-order valence-corrected chi connectivity index (χ1v) is 16.6. The first-order valence-electron chi connectivity index (χ1n) is 16.6. The van der Waals surface area contributed by atoms with Gasteiger partial charge in [-0.15, -0.1) is 0 Å². The summed E-state index contributed by atoms with van der Waals surface area (Å²) in [5.41, 5.74) is 11.2. The van der Waals surface area contributed by atoms with E-state index in [4.69, 9.17) is 8.83 Å². The summed E-state index contributed by atoms with van der Waals surface area (Å²) in [7, 11) is 0. The van der Waals surface area contributed by atoms with Crippen molar-refractivity contribution in [3.63, 3.8) is 0 Å². The number of benzene rings is 8. The van der Waals surface area contributed by atoms with Gasteiger partial charge in [0.05, 0.1) is 5.69 Å². The van der Waals surface area contributed by atoms with Crippen molar-refractivity contribution in [3.05, 3.63) is 176 Å². The second-order valence-corrected chi connectivity index (χ2v) is 12.5. The van der Waals surface area contributed by atoms with Gasteiger partial charge in [-0.3, -0.25) is 0 Å². The minimum absolute atomic E-state index is 0.857. The first kappa shape index (κ1) is 27.5. The number of para-hydroxylation sites is 2. The lowest BCUT2D eigenvalue weighted by Crippen LogP contribution is -2.10. The van der Waals surface area contributed by atoms with Crippen LogP contribution in [0.4, 0.5) is 17.1 Å². The van der Waals surface area contributed by atoms with Gasteiger partial charge in [0.2, 0.25) is 0 Å². The number of hydrogen-bond donors (Lipinski definition) is 0. The summed E-state index contributed by atoms with van der Waals surface area (Å²) in [5.74, 6) is 0. The maximum atomic E-state index is 6.76. The second kappa shape index (κ2) is 11.0. The first-order chi connectivity index (χ1) is 24.3. The van der Waals surface area contributed by atoms with E-state index in [1.54, 1.807) is 0 Å². The smallest absolute Gasteiger partial charge is 0.160 e. The van der Waals surface area contributed by atoms with Gasteiger partial charge in [-0.25, -0.2) is 0 Å². The van der Waals surface area contributed by atoms with Crippen molar-refractivity contribution < 1.29 is 8.83 Å². The molecule has 0 unspecified atom stereocenters. The van der Waals surface area contributed by atoms with Crippen molar-refractivity contribution in [3.8, 4) is 22.3 Å². The molecule has 10 rings (SSSR count). The SMILES string of the molecule is c1ccc(-c2ccc(N(c3ccc(-c4ccc5c(c4)oc4ccccc45)cc3)c3ccc4ccccc4c3)c3oc4ccccc4c23)cc1. The lowest BCUT2D eigenvalue weighted by Gasteiger charge is -2.26. The Bertz CT molecular complexity index is 2830. The van der Waals surface area contributed by atoms with Crippen LogP contribution >= 0.6 is 0 Å². The summed E-state index contributed by atoms with van der Waals surface area (Å²) in [4.78, 5) is 2.32. The molecule has 49 heavy (non-hydrogen) atoms. The summed E-state index contributed by atoms with van der Waals surface area (Å²) < 4.78 is 13.0. The second-order valence-electron chi connectivity index (χ2n) is 12.5. The number of anilines is 3. The van der Waals surface area contributed by atoms with Crippen LogP contribution in [-0.2, 0) is 0 Å². The van der Waals surface area contributed by atoms with E-state index in [0.717, 1.165) is 83.2 Å². The molecule has 0 amide bonds. The van der Waals surface area contributed by atoms with Crippen LogP contribution < -0.4 is 4.90 Å². The van der Waals surface area contributed by atoms with Gasteiger partial charge in [0.1, 0.15) is 16.7 Å². The van der Waals surface area contributed by atoms with Gasteiger partial charge in [-0.2, -0.15) is 0 Å². The van der Waals surface area contributed by atoms with E-state index in [2.05, 4.69) is 163 Å². The molecule has 0 bridgehead atoms. The van der Waals surface area contributed by atoms with Crippen LogP contribution in [0.3, 0.4) is 0 Å². The molecule has 0 atom stereocenters. The van der Waals surface area contributed by atoms with E-state index >= 15 is 0 Å². The Kier molecular flexibility index (Phi) is 6.18. The molecule has 2 heterocycles. The molecule has 0 spiro atoms. The fraction of sp³-hybridized carbons (Fsp3) is 0. The molecular formula is C46H29NO2. The number of fused-ring (bicyclic) bond motifs is 7. The highest BCUT2D eigenvalue weighted by Gasteiger charge is 2.22. The molecule has 230 valence electrons. The zero-order valence-electron chi connectivity index (χ0n) is 26.5. The Morgan fingerprint density at radius 3 is 1.86 bits per heavy atom. The van der Waals surface area contributed by atoms with Gasteiger partial charge >= 0.3 is 0 Å². The molecular weight excluding hydrogens is 599 g/mol. The molecule has 0 N–H and O–H groups in total. The maximum Gasteiger partial charge on any atom is 0.160 e. The Morgan fingerprint density at radius 2 is 1.02 bits per heavy atom. The Labute approximate surface area is 282 Å². The molecule has 2 aromatic heterocycles. The number of furan rings is 2. The van der Waals surface area contributed by atoms with E-state index in [1.165, 1.54) is 10.8 Å². The topological polar surface area (TPSA) is 29.5 Å². The van der Waals surface area contributed by atoms with Crippen LogP contribution in [0, 0.1) is 0 Å². The highest BCUT2D eigenvalue weighted by atomic mass is 16.3. The number of rotatable bonds is 5. The van der Waals surface area contributed by atoms with Gasteiger partial charge in [-0.05, 0) is 87.6 Å². The average molecular weight is 628 g/mol. The average Bonchev–Trinajstić information content (AvgIpc) is 3.74. The molecule has 0 aliphatic carbocycles. The quantitative estimate of drug-likeness (QED) is 0.190. The zero-order valence-corrected chi connectivity index (χ0v) is 26.5. The number of nitrogens with zero attached hydrogens (tertiary/aromatic N) is 1. The van der Waals surface area contributed by atoms with E-state index in [0.29, 0.717) is 0 Å². The van der Waals surface area contributed by atoms with Crippen molar-refractivity contribution in [1.82, 2.24) is 0 Å². The monoisotopic (exact) mass is 627 g/mol. The van der Waals surface area contributed by atoms with Crippen LogP contribution in [0.15, 0.2) is 185 Å². The van der Waals surface area contributed by atoms with E-state index in [9.17, 15) is 0 Å². The molecule has 0 saturated carbocycles. The number of hydrogen-bond acceptors (Lipinski definition) is 3. The van der Waals surface area contributed by atoms with Gasteiger partial charge in [0.25, 0.3) is 0 Å². The molecule has 0 aliphatic rings. The predicted octanol–water partition coefficient (Wildman–Crippen LogP) is 13.4. The Morgan fingerprint density at radius 1 is 0.367 bits per heavy atom. The third-order valence-corrected chi connectivity index (χ3v) is 9.66. The van der Waals surface area contributed by atoms with E-state index < -0.39 is 0 Å². The summed E-state index contributed by atoms with van der Waals surface area (Å²) in [5, 5.41) is 6.88. The molecule has 8 aromatic carbocycles. The summed E-state index contributed by atoms with van der Waals surface area (Å²) >= 11 is 0. The largest absolute Gasteiger partial charge is 0.456 e. The minimum Gasteiger partial charge on any atom is -0.456 e. The molecule has 0 radical (unpaired) electrons. The summed E-state index contributed by atoms with van der Waals surface area (Å²) in [6.45, 7) is 0. The predicted molar refractivity (Wildman–Crippen MR) is 204 cm³/mol. The molecule has 0 aliphatic heterocycles. The van der Waals surface area contributed by atoms with Crippen molar-refractivity contribution in [1.29, 1.82) is 0 Å². The van der Waals surface area contributed by atoms with Crippen LogP contribution in [0.1, 0.15) is 0 Å². The highest BCUT2D eigenvalue weighted by molar-refractivity contribution is 6.17. The van der Waals surface area contributed by atoms with E-state index in [1.807, 2.05) is 18.2 Å². The van der Waals surface area contributed by atoms with Crippen molar-refractivity contribution in [2.24, 2.45) is 0 Å². The van der Waals surface area contributed by atoms with Crippen LogP contribution in [0.2, 0.25) is 0 Å². The fourth-order valence-electron chi connectivity index (χ4n) is 7.30. The van der Waals surface area contributed by atoms with Gasteiger partial charge in [0, 0.05) is 32.9 Å². The normalized spacial score (nSPS) is 11.7. The van der Waals surface area contributed by atoms with Crippen molar-refractivity contribution >= 4 is 71.7 Å². The van der Waals surface area contributed by atoms with Crippen LogP contribution in [0.5, 0.6) is 0 Å². The molecule has 3 heteroatoms. The standard InChI is InChI=1S/C46H29NO2/c1-2-11-32(12-3-1)37-26-27-41(46-45(37)40-15-7-9-17-43(40)49-46)47(36-24-20-30-10-4-5-13-33(30)28-36)35-22-18-31(19-23-35)34-21-25-39-38-14-6-8-16-42(38)48-44(39)29-34/h1-29H.